The third-order valence-electron chi connectivity index (χ3n) is 5.38. The maximum absolute atomic E-state index is 13.1. The van der Waals surface area contributed by atoms with Gasteiger partial charge in [0.2, 0.25) is 0 Å². The van der Waals surface area contributed by atoms with Gasteiger partial charge in [0.15, 0.2) is 0 Å². The molecule has 0 spiro atoms. The van der Waals surface area contributed by atoms with Crippen LogP contribution in [0.5, 0.6) is 0 Å². The number of nitrogens with zero attached hydrogens (tertiary/aromatic N) is 2. The van der Waals surface area contributed by atoms with Crippen LogP contribution in [0.25, 0.3) is 0 Å². The molecule has 0 heterocycles. The number of anilines is 2. The molecule has 0 N–H and O–H groups in total. The monoisotopic (exact) mass is 422 g/mol. The van der Waals surface area contributed by atoms with Gasteiger partial charge in [0.1, 0.15) is 0 Å². The van der Waals surface area contributed by atoms with Gasteiger partial charge in [0.25, 0.3) is 15.9 Å². The number of carbonyl (C=O) groups is 1. The first kappa shape index (κ1) is 21.6. The van der Waals surface area contributed by atoms with Crippen molar-refractivity contribution in [3.05, 3.63) is 89.0 Å². The Morgan fingerprint density at radius 2 is 1.47 bits per heavy atom. The fraction of sp³-hybridized carbons (Fsp3) is 0.208. The molecule has 6 heteroatoms. The van der Waals surface area contributed by atoms with Gasteiger partial charge in [-0.2, -0.15) is 0 Å². The largest absolute Gasteiger partial charge is 0.311 e. The minimum Gasteiger partial charge on any atom is -0.311 e. The van der Waals surface area contributed by atoms with Crippen LogP contribution in [-0.2, 0) is 10.0 Å². The molecule has 30 heavy (non-hydrogen) atoms. The maximum atomic E-state index is 13.1. The zero-order valence-electron chi connectivity index (χ0n) is 17.9. The molecular formula is C24H26N2O3S. The normalized spacial score (nSPS) is 11.2. The molecule has 0 aromatic heterocycles. The van der Waals surface area contributed by atoms with Gasteiger partial charge in [-0.05, 0) is 68.3 Å². The minimum absolute atomic E-state index is 0.0748. The van der Waals surface area contributed by atoms with Gasteiger partial charge < -0.3 is 4.90 Å². The van der Waals surface area contributed by atoms with Crippen molar-refractivity contribution in [1.82, 2.24) is 0 Å². The van der Waals surface area contributed by atoms with Gasteiger partial charge in [0.05, 0.1) is 10.6 Å². The van der Waals surface area contributed by atoms with E-state index < -0.39 is 10.0 Å². The zero-order chi connectivity index (χ0) is 22.1. The number of aryl methyl sites for hydroxylation is 2. The molecule has 0 radical (unpaired) electrons. The van der Waals surface area contributed by atoms with E-state index in [4.69, 9.17) is 0 Å². The quantitative estimate of drug-likeness (QED) is 0.598. The predicted octanol–water partition coefficient (Wildman–Crippen LogP) is 4.71. The van der Waals surface area contributed by atoms with E-state index in [1.807, 2.05) is 51.1 Å². The molecule has 0 saturated heterocycles. The predicted molar refractivity (Wildman–Crippen MR) is 122 cm³/mol. The maximum Gasteiger partial charge on any atom is 0.264 e. The molecule has 3 rings (SSSR count). The first-order valence-electron chi connectivity index (χ1n) is 9.63. The Bertz CT molecular complexity index is 1190. The van der Waals surface area contributed by atoms with Crippen LogP contribution >= 0.6 is 0 Å². The van der Waals surface area contributed by atoms with E-state index in [1.54, 1.807) is 36.2 Å². The molecule has 0 saturated carbocycles. The fourth-order valence-electron chi connectivity index (χ4n) is 3.24. The van der Waals surface area contributed by atoms with Crippen molar-refractivity contribution >= 4 is 27.3 Å². The zero-order valence-corrected chi connectivity index (χ0v) is 18.7. The number of hydrogen-bond donors (Lipinski definition) is 0. The molecule has 0 aliphatic rings. The molecule has 1 amide bonds. The summed E-state index contributed by atoms with van der Waals surface area (Å²) in [6.07, 6.45) is 0. The summed E-state index contributed by atoms with van der Waals surface area (Å²) in [7, 11) is -0.595. The van der Waals surface area contributed by atoms with Crippen molar-refractivity contribution in [3.8, 4) is 0 Å². The summed E-state index contributed by atoms with van der Waals surface area (Å²) in [5.74, 6) is -0.265. The van der Waals surface area contributed by atoms with Crippen LogP contribution in [0.4, 0.5) is 11.4 Å². The average molecular weight is 423 g/mol. The molecule has 5 nitrogen and oxygen atoms in total. The highest BCUT2D eigenvalue weighted by Crippen LogP contribution is 2.26. The van der Waals surface area contributed by atoms with Crippen LogP contribution < -0.4 is 9.21 Å². The first-order chi connectivity index (χ1) is 14.1. The van der Waals surface area contributed by atoms with Crippen LogP contribution in [0.3, 0.4) is 0 Å². The molecule has 3 aromatic rings. The molecule has 156 valence electrons. The Balaban J connectivity index is 1.94. The van der Waals surface area contributed by atoms with Gasteiger partial charge in [-0.25, -0.2) is 8.42 Å². The number of sulfonamides is 1. The Morgan fingerprint density at radius 1 is 0.833 bits per heavy atom. The van der Waals surface area contributed by atoms with Crippen molar-refractivity contribution in [2.24, 2.45) is 0 Å². The van der Waals surface area contributed by atoms with E-state index in [1.165, 1.54) is 23.5 Å². The van der Waals surface area contributed by atoms with E-state index in [2.05, 4.69) is 0 Å². The lowest BCUT2D eigenvalue weighted by Crippen LogP contribution is -2.29. The van der Waals surface area contributed by atoms with E-state index in [0.29, 0.717) is 11.3 Å². The highest BCUT2D eigenvalue weighted by Gasteiger charge is 2.23. The fourth-order valence-corrected chi connectivity index (χ4v) is 4.49. The molecule has 0 aliphatic heterocycles. The van der Waals surface area contributed by atoms with Gasteiger partial charge in [-0.15, -0.1) is 0 Å². The first-order valence-corrected chi connectivity index (χ1v) is 11.1. The Morgan fingerprint density at radius 3 is 2.13 bits per heavy atom. The van der Waals surface area contributed by atoms with Gasteiger partial charge in [0, 0.05) is 25.3 Å². The summed E-state index contributed by atoms with van der Waals surface area (Å²) in [5, 5.41) is 0. The lowest BCUT2D eigenvalue weighted by molar-refractivity contribution is 0.0992. The number of amides is 1. The number of benzene rings is 3. The van der Waals surface area contributed by atoms with Gasteiger partial charge >= 0.3 is 0 Å². The molecule has 0 atom stereocenters. The second kappa shape index (κ2) is 8.32. The second-order valence-electron chi connectivity index (χ2n) is 7.42. The van der Waals surface area contributed by atoms with E-state index in [0.717, 1.165) is 22.4 Å². The topological polar surface area (TPSA) is 57.7 Å². The standard InChI is InChI=1S/C24H26N2O3S/c1-17-12-14-21(15-13-17)26(5)30(28,29)22-10-7-9-20(16-22)24(27)25(4)23-11-6-8-18(2)19(23)3/h6-16H,1-5H3. The number of carbonyl (C=O) groups excluding carboxylic acids is 1. The third-order valence-corrected chi connectivity index (χ3v) is 7.16. The minimum atomic E-state index is -3.80. The molecule has 0 aliphatic carbocycles. The van der Waals surface area contributed by atoms with Crippen LogP contribution in [0.15, 0.2) is 71.6 Å². The molecule has 0 unspecified atom stereocenters. The summed E-state index contributed by atoms with van der Waals surface area (Å²) in [6, 6.07) is 19.2. The Labute approximate surface area is 178 Å². The molecule has 0 fully saturated rings. The molecule has 0 bridgehead atoms. The Kier molecular flexibility index (Phi) is 5.99. The summed E-state index contributed by atoms with van der Waals surface area (Å²) in [5.41, 5.74) is 4.82. The van der Waals surface area contributed by atoms with Gasteiger partial charge in [-0.1, -0.05) is 35.9 Å². The van der Waals surface area contributed by atoms with Crippen molar-refractivity contribution < 1.29 is 13.2 Å². The van der Waals surface area contributed by atoms with Crippen molar-refractivity contribution in [1.29, 1.82) is 0 Å². The molecular weight excluding hydrogens is 396 g/mol. The number of rotatable bonds is 5. The highest BCUT2D eigenvalue weighted by atomic mass is 32.2. The summed E-state index contributed by atoms with van der Waals surface area (Å²) < 4.78 is 27.5. The summed E-state index contributed by atoms with van der Waals surface area (Å²) in [6.45, 7) is 5.90. The third kappa shape index (κ3) is 4.09. The molecule has 3 aromatic carbocycles. The van der Waals surface area contributed by atoms with Crippen molar-refractivity contribution in [3.63, 3.8) is 0 Å². The van der Waals surface area contributed by atoms with Crippen LogP contribution in [-0.4, -0.2) is 28.4 Å². The lowest BCUT2D eigenvalue weighted by atomic mass is 10.1. The summed E-state index contributed by atoms with van der Waals surface area (Å²) in [4.78, 5) is 14.7. The van der Waals surface area contributed by atoms with Crippen LogP contribution in [0.1, 0.15) is 27.0 Å². The highest BCUT2D eigenvalue weighted by molar-refractivity contribution is 7.92. The van der Waals surface area contributed by atoms with E-state index in [9.17, 15) is 13.2 Å². The average Bonchev–Trinajstić information content (AvgIpc) is 2.74. The van der Waals surface area contributed by atoms with Gasteiger partial charge in [-0.3, -0.25) is 9.10 Å². The van der Waals surface area contributed by atoms with Crippen molar-refractivity contribution in [2.45, 2.75) is 25.7 Å². The lowest BCUT2D eigenvalue weighted by Gasteiger charge is -2.22. The SMILES string of the molecule is Cc1ccc(N(C)S(=O)(=O)c2cccc(C(=O)N(C)c3cccc(C)c3C)c2)cc1. The smallest absolute Gasteiger partial charge is 0.264 e. The van der Waals surface area contributed by atoms with Crippen LogP contribution in [0.2, 0.25) is 0 Å². The van der Waals surface area contributed by atoms with E-state index >= 15 is 0 Å². The number of hydrogen-bond acceptors (Lipinski definition) is 3. The summed E-state index contributed by atoms with van der Waals surface area (Å²) >= 11 is 0. The Hall–Kier alpha value is -3.12. The van der Waals surface area contributed by atoms with Crippen molar-refractivity contribution in [2.75, 3.05) is 23.3 Å². The van der Waals surface area contributed by atoms with E-state index in [-0.39, 0.29) is 10.8 Å². The second-order valence-corrected chi connectivity index (χ2v) is 9.39. The van der Waals surface area contributed by atoms with Crippen LogP contribution in [0, 0.1) is 20.8 Å².